The van der Waals surface area contributed by atoms with E-state index in [4.69, 9.17) is 5.26 Å². The Morgan fingerprint density at radius 2 is 1.77 bits per heavy atom. The Kier molecular flexibility index (Phi) is 7.04. The topological polar surface area (TPSA) is 128 Å². The molecule has 0 unspecified atom stereocenters. The van der Waals surface area contributed by atoms with Crippen molar-refractivity contribution in [2.75, 3.05) is 36.8 Å². The minimum absolute atomic E-state index is 0.108. The van der Waals surface area contributed by atoms with E-state index < -0.39 is 20.8 Å². The molecule has 1 saturated heterocycles. The third-order valence-electron chi connectivity index (χ3n) is 5.00. The van der Waals surface area contributed by atoms with Gasteiger partial charge in [-0.15, -0.1) is 0 Å². The van der Waals surface area contributed by atoms with E-state index in [9.17, 15) is 22.9 Å². The van der Waals surface area contributed by atoms with Gasteiger partial charge in [-0.05, 0) is 37.1 Å². The van der Waals surface area contributed by atoms with Crippen LogP contribution in [0.4, 0.5) is 21.5 Å². The molecule has 164 valence electrons. The van der Waals surface area contributed by atoms with Crippen LogP contribution in [0.15, 0.2) is 41.3 Å². The number of halogens is 1. The summed E-state index contributed by atoms with van der Waals surface area (Å²) < 4.78 is 40.6. The largest absolute Gasteiger partial charge is 0.382 e. The summed E-state index contributed by atoms with van der Waals surface area (Å²) >= 11 is 0. The van der Waals surface area contributed by atoms with Gasteiger partial charge in [-0.2, -0.15) is 9.57 Å². The van der Waals surface area contributed by atoms with E-state index in [2.05, 4.69) is 10.6 Å². The predicted octanol–water partition coefficient (Wildman–Crippen LogP) is 3.30. The third kappa shape index (κ3) is 5.10. The van der Waals surface area contributed by atoms with Crippen molar-refractivity contribution in [3.63, 3.8) is 0 Å². The molecule has 2 aromatic carbocycles. The highest BCUT2D eigenvalue weighted by molar-refractivity contribution is 7.89. The molecule has 0 bridgehead atoms. The Bertz CT molecular complexity index is 1110. The summed E-state index contributed by atoms with van der Waals surface area (Å²) in [5.74, 6) is -0.637. The van der Waals surface area contributed by atoms with E-state index in [1.54, 1.807) is 12.1 Å². The minimum atomic E-state index is -3.79. The fourth-order valence-electron chi connectivity index (χ4n) is 3.41. The van der Waals surface area contributed by atoms with Gasteiger partial charge >= 0.3 is 0 Å². The maximum Gasteiger partial charge on any atom is 0.293 e. The number of hydrogen-bond acceptors (Lipinski definition) is 7. The Morgan fingerprint density at radius 1 is 1.10 bits per heavy atom. The first-order chi connectivity index (χ1) is 14.8. The molecule has 0 amide bonds. The van der Waals surface area contributed by atoms with Crippen molar-refractivity contribution in [1.82, 2.24) is 4.31 Å². The van der Waals surface area contributed by atoms with Crippen LogP contribution in [0.3, 0.4) is 0 Å². The van der Waals surface area contributed by atoms with Crippen LogP contribution in [0.1, 0.15) is 24.8 Å². The molecule has 0 spiro atoms. The monoisotopic (exact) mass is 447 g/mol. The van der Waals surface area contributed by atoms with Crippen LogP contribution in [0.25, 0.3) is 0 Å². The fraction of sp³-hybridized carbons (Fsp3) is 0.350. The Hall–Kier alpha value is -3.23. The van der Waals surface area contributed by atoms with Gasteiger partial charge < -0.3 is 10.6 Å². The molecule has 1 aliphatic heterocycles. The summed E-state index contributed by atoms with van der Waals surface area (Å²) in [6.07, 6.45) is 2.51. The van der Waals surface area contributed by atoms with Gasteiger partial charge in [-0.1, -0.05) is 12.5 Å². The van der Waals surface area contributed by atoms with Crippen LogP contribution in [0, 0.1) is 27.3 Å². The molecule has 0 saturated carbocycles. The number of sulfonamides is 1. The number of nitro benzene ring substituents is 1. The molecule has 0 radical (unpaired) electrons. The number of anilines is 2. The number of hydrogen-bond donors (Lipinski definition) is 2. The molecule has 11 heteroatoms. The molecular weight excluding hydrogens is 425 g/mol. The van der Waals surface area contributed by atoms with Gasteiger partial charge in [0.2, 0.25) is 10.0 Å². The highest BCUT2D eigenvalue weighted by Crippen LogP contribution is 2.30. The molecule has 2 N–H and O–H groups in total. The lowest BCUT2D eigenvalue weighted by Crippen LogP contribution is -2.35. The first-order valence-corrected chi connectivity index (χ1v) is 11.2. The van der Waals surface area contributed by atoms with E-state index in [-0.39, 0.29) is 34.9 Å². The van der Waals surface area contributed by atoms with E-state index in [0.29, 0.717) is 18.8 Å². The van der Waals surface area contributed by atoms with E-state index in [1.165, 1.54) is 28.6 Å². The molecule has 3 rings (SSSR count). The van der Waals surface area contributed by atoms with Crippen molar-refractivity contribution < 1.29 is 17.7 Å². The lowest BCUT2D eigenvalue weighted by molar-refractivity contribution is -0.384. The van der Waals surface area contributed by atoms with Gasteiger partial charge in [0, 0.05) is 32.2 Å². The van der Waals surface area contributed by atoms with Crippen LogP contribution >= 0.6 is 0 Å². The molecule has 2 aromatic rings. The summed E-state index contributed by atoms with van der Waals surface area (Å²) in [5.41, 5.74) is 0.0354. The van der Waals surface area contributed by atoms with Crippen LogP contribution in [-0.2, 0) is 10.0 Å². The molecule has 31 heavy (non-hydrogen) atoms. The molecule has 1 heterocycles. The maximum atomic E-state index is 13.6. The zero-order valence-electron chi connectivity index (χ0n) is 16.7. The summed E-state index contributed by atoms with van der Waals surface area (Å²) in [7, 11) is -3.79. The van der Waals surface area contributed by atoms with Crippen LogP contribution < -0.4 is 10.6 Å². The van der Waals surface area contributed by atoms with Crippen LogP contribution in [-0.4, -0.2) is 43.8 Å². The fourth-order valence-corrected chi connectivity index (χ4v) is 4.94. The number of nitro groups is 1. The molecular formula is C20H22FN5O4S. The second-order valence-electron chi connectivity index (χ2n) is 7.03. The number of benzene rings is 2. The van der Waals surface area contributed by atoms with Gasteiger partial charge in [-0.3, -0.25) is 10.1 Å². The molecule has 0 atom stereocenters. The Balaban J connectivity index is 1.70. The highest BCUT2D eigenvalue weighted by atomic mass is 32.2. The zero-order chi connectivity index (χ0) is 22.4. The quantitative estimate of drug-likeness (QED) is 0.361. The van der Waals surface area contributed by atoms with Crippen LogP contribution in [0.5, 0.6) is 0 Å². The molecule has 0 aliphatic carbocycles. The first-order valence-electron chi connectivity index (χ1n) is 9.79. The van der Waals surface area contributed by atoms with Crippen molar-refractivity contribution in [3.8, 4) is 6.07 Å². The number of nitrogens with zero attached hydrogens (tertiary/aromatic N) is 3. The molecule has 0 aromatic heterocycles. The lowest BCUT2D eigenvalue weighted by atomic mass is 10.2. The first kappa shape index (κ1) is 22.5. The number of nitrogens with one attached hydrogen (secondary N) is 2. The van der Waals surface area contributed by atoms with Gasteiger partial charge in [0.05, 0.1) is 15.5 Å². The zero-order valence-corrected chi connectivity index (χ0v) is 17.5. The van der Waals surface area contributed by atoms with Gasteiger partial charge in [0.1, 0.15) is 23.1 Å². The highest BCUT2D eigenvalue weighted by Gasteiger charge is 2.28. The summed E-state index contributed by atoms with van der Waals surface area (Å²) in [5, 5.41) is 26.4. The van der Waals surface area contributed by atoms with Crippen molar-refractivity contribution in [2.24, 2.45) is 0 Å². The molecule has 1 fully saturated rings. The number of nitriles is 1. The predicted molar refractivity (Wildman–Crippen MR) is 114 cm³/mol. The van der Waals surface area contributed by atoms with Crippen molar-refractivity contribution in [1.29, 1.82) is 5.26 Å². The molecule has 9 nitrogen and oxygen atoms in total. The average Bonchev–Trinajstić information content (AvgIpc) is 2.77. The number of rotatable bonds is 8. The summed E-state index contributed by atoms with van der Waals surface area (Å²) in [6.45, 7) is 1.29. The second-order valence-corrected chi connectivity index (χ2v) is 8.97. The Labute approximate surface area is 179 Å². The van der Waals surface area contributed by atoms with E-state index in [1.807, 2.05) is 0 Å². The van der Waals surface area contributed by atoms with Crippen molar-refractivity contribution in [3.05, 3.63) is 57.9 Å². The minimum Gasteiger partial charge on any atom is -0.382 e. The van der Waals surface area contributed by atoms with Gasteiger partial charge in [0.25, 0.3) is 5.69 Å². The van der Waals surface area contributed by atoms with Gasteiger partial charge in [0.15, 0.2) is 0 Å². The lowest BCUT2D eigenvalue weighted by Gasteiger charge is -2.25. The second kappa shape index (κ2) is 9.72. The van der Waals surface area contributed by atoms with Crippen molar-refractivity contribution in [2.45, 2.75) is 24.2 Å². The summed E-state index contributed by atoms with van der Waals surface area (Å²) in [4.78, 5) is 10.8. The van der Waals surface area contributed by atoms with Crippen molar-refractivity contribution >= 4 is 27.1 Å². The van der Waals surface area contributed by atoms with Gasteiger partial charge in [-0.25, -0.2) is 12.8 Å². The van der Waals surface area contributed by atoms with E-state index in [0.717, 1.165) is 25.3 Å². The maximum absolute atomic E-state index is 13.6. The van der Waals surface area contributed by atoms with Crippen LogP contribution in [0.2, 0.25) is 0 Å². The Morgan fingerprint density at radius 3 is 2.42 bits per heavy atom. The SMILES string of the molecule is N#Cc1c(F)cccc1NCCNc1ccc(S(=O)(=O)N2CCCCC2)cc1[N+](=O)[O-]. The summed E-state index contributed by atoms with van der Waals surface area (Å²) in [6, 6.07) is 9.80. The number of piperidine rings is 1. The standard InChI is InChI=1S/C20H22FN5O4S/c21-17-5-4-6-18(16(17)14-22)23-9-10-24-19-8-7-15(13-20(19)26(27)28)31(29,30)25-11-2-1-3-12-25/h4-8,13,23-24H,1-3,9-12H2. The smallest absolute Gasteiger partial charge is 0.293 e. The third-order valence-corrected chi connectivity index (χ3v) is 6.89. The molecule has 1 aliphatic rings. The van der Waals surface area contributed by atoms with E-state index >= 15 is 0 Å². The average molecular weight is 447 g/mol. The normalized spacial score (nSPS) is 14.6.